The van der Waals surface area contributed by atoms with Crippen molar-refractivity contribution in [3.05, 3.63) is 50.3 Å². The van der Waals surface area contributed by atoms with Crippen molar-refractivity contribution in [2.24, 2.45) is 0 Å². The summed E-state index contributed by atoms with van der Waals surface area (Å²) >= 11 is 6.15. The first kappa shape index (κ1) is 17.6. The van der Waals surface area contributed by atoms with Gasteiger partial charge in [0.1, 0.15) is 9.22 Å². The molecule has 24 heavy (non-hydrogen) atoms. The number of nitrogens with one attached hydrogen (secondary N) is 1. The third-order valence-electron chi connectivity index (χ3n) is 3.55. The highest BCUT2D eigenvalue weighted by molar-refractivity contribution is 9.10. The average Bonchev–Trinajstić information content (AvgIpc) is 3.10. The maximum Gasteiger partial charge on any atom is 0.271 e. The lowest BCUT2D eigenvalue weighted by Crippen LogP contribution is -2.12. The molecule has 0 saturated heterocycles. The summed E-state index contributed by atoms with van der Waals surface area (Å²) in [6, 6.07) is 7.11. The Morgan fingerprint density at radius 3 is 2.54 bits per heavy atom. The van der Waals surface area contributed by atoms with Gasteiger partial charge >= 0.3 is 0 Å². The summed E-state index contributed by atoms with van der Waals surface area (Å²) in [5, 5.41) is 2.68. The van der Waals surface area contributed by atoms with Crippen LogP contribution in [0.4, 0.5) is 5.69 Å². The lowest BCUT2D eigenvalue weighted by Gasteiger charge is -2.09. The molecule has 8 heteroatoms. The van der Waals surface area contributed by atoms with E-state index >= 15 is 0 Å². The molecule has 0 aliphatic heterocycles. The largest absolute Gasteiger partial charge is 0.279 e. The quantitative estimate of drug-likeness (QED) is 0.591. The standard InChI is InChI=1S/C16H15BrN2O2S3/c1-9-6-13(17)4-5-14(9)19-24(20,21)15-7-12(8-22-15)16-18-10(2)11(3)23-16/h4-8,19H,1-3H3. The van der Waals surface area contributed by atoms with E-state index in [1.807, 2.05) is 38.3 Å². The molecule has 3 rings (SSSR count). The molecule has 0 amide bonds. The molecule has 0 aliphatic rings. The van der Waals surface area contributed by atoms with Crippen molar-refractivity contribution in [1.29, 1.82) is 0 Å². The van der Waals surface area contributed by atoms with Gasteiger partial charge in [0.15, 0.2) is 0 Å². The topological polar surface area (TPSA) is 59.1 Å². The zero-order valence-electron chi connectivity index (χ0n) is 13.3. The number of anilines is 1. The summed E-state index contributed by atoms with van der Waals surface area (Å²) in [6.45, 7) is 5.83. The van der Waals surface area contributed by atoms with Crippen LogP contribution in [0.2, 0.25) is 0 Å². The van der Waals surface area contributed by atoms with E-state index in [9.17, 15) is 8.42 Å². The Kier molecular flexibility index (Phi) is 4.83. The second-order valence-corrected chi connectivity index (χ2v) is 10.3. The Morgan fingerprint density at radius 1 is 1.17 bits per heavy atom. The Morgan fingerprint density at radius 2 is 1.92 bits per heavy atom. The van der Waals surface area contributed by atoms with E-state index in [2.05, 4.69) is 25.6 Å². The number of thiazole rings is 1. The van der Waals surface area contributed by atoms with Gasteiger partial charge in [-0.3, -0.25) is 4.72 Å². The number of nitrogens with zero attached hydrogens (tertiary/aromatic N) is 1. The molecule has 0 bridgehead atoms. The van der Waals surface area contributed by atoms with Crippen LogP contribution in [-0.2, 0) is 10.0 Å². The molecule has 2 aromatic heterocycles. The number of halogens is 1. The van der Waals surface area contributed by atoms with E-state index in [0.29, 0.717) is 5.69 Å². The lowest BCUT2D eigenvalue weighted by molar-refractivity contribution is 0.603. The second-order valence-electron chi connectivity index (χ2n) is 5.38. The predicted molar refractivity (Wildman–Crippen MR) is 105 cm³/mol. The van der Waals surface area contributed by atoms with Crippen molar-refractivity contribution >= 4 is 54.3 Å². The van der Waals surface area contributed by atoms with Crippen LogP contribution in [0.25, 0.3) is 10.6 Å². The van der Waals surface area contributed by atoms with E-state index in [4.69, 9.17) is 0 Å². The van der Waals surface area contributed by atoms with Crippen molar-refractivity contribution < 1.29 is 8.42 Å². The first-order valence-electron chi connectivity index (χ1n) is 7.08. The highest BCUT2D eigenvalue weighted by Gasteiger charge is 2.19. The van der Waals surface area contributed by atoms with Crippen molar-refractivity contribution in [3.8, 4) is 10.6 Å². The normalized spacial score (nSPS) is 11.7. The van der Waals surface area contributed by atoms with E-state index in [0.717, 1.165) is 31.2 Å². The van der Waals surface area contributed by atoms with Crippen LogP contribution >= 0.6 is 38.6 Å². The number of benzene rings is 1. The minimum Gasteiger partial charge on any atom is -0.279 e. The third kappa shape index (κ3) is 3.56. The van der Waals surface area contributed by atoms with Crippen LogP contribution in [0, 0.1) is 20.8 Å². The van der Waals surface area contributed by atoms with Gasteiger partial charge in [-0.25, -0.2) is 13.4 Å². The Labute approximate surface area is 157 Å². The maximum absolute atomic E-state index is 12.6. The fraction of sp³-hybridized carbons (Fsp3) is 0.188. The minimum absolute atomic E-state index is 0.283. The van der Waals surface area contributed by atoms with Crippen LogP contribution in [0.5, 0.6) is 0 Å². The van der Waals surface area contributed by atoms with Crippen LogP contribution in [0.1, 0.15) is 16.1 Å². The number of thiophene rings is 1. The molecule has 0 saturated carbocycles. The number of hydrogen-bond donors (Lipinski definition) is 1. The number of aromatic nitrogens is 1. The van der Waals surface area contributed by atoms with Crippen molar-refractivity contribution in [3.63, 3.8) is 0 Å². The average molecular weight is 443 g/mol. The van der Waals surface area contributed by atoms with Crippen molar-refractivity contribution in [2.75, 3.05) is 4.72 Å². The second kappa shape index (κ2) is 6.59. The van der Waals surface area contributed by atoms with Gasteiger partial charge in [-0.15, -0.1) is 22.7 Å². The van der Waals surface area contributed by atoms with E-state index in [1.165, 1.54) is 11.3 Å². The molecule has 0 aliphatic carbocycles. The molecule has 3 aromatic rings. The van der Waals surface area contributed by atoms with Crippen LogP contribution < -0.4 is 4.72 Å². The van der Waals surface area contributed by atoms with Crippen LogP contribution in [0.15, 0.2) is 38.3 Å². The fourth-order valence-electron chi connectivity index (χ4n) is 2.10. The Hall–Kier alpha value is -1.22. The summed E-state index contributed by atoms with van der Waals surface area (Å²) in [5.74, 6) is 0. The van der Waals surface area contributed by atoms with Crippen LogP contribution in [0.3, 0.4) is 0 Å². The Bertz CT molecular complexity index is 987. The summed E-state index contributed by atoms with van der Waals surface area (Å²) in [4.78, 5) is 5.63. The van der Waals surface area contributed by atoms with E-state index in [-0.39, 0.29) is 4.21 Å². The molecule has 0 unspecified atom stereocenters. The maximum atomic E-state index is 12.6. The molecule has 0 radical (unpaired) electrons. The SMILES string of the molecule is Cc1cc(Br)ccc1NS(=O)(=O)c1cc(-c2nc(C)c(C)s2)cs1. The molecular weight excluding hydrogens is 428 g/mol. The zero-order valence-corrected chi connectivity index (χ0v) is 17.3. The summed E-state index contributed by atoms with van der Waals surface area (Å²) in [5.41, 5.74) is 3.26. The van der Waals surface area contributed by atoms with E-state index < -0.39 is 10.0 Å². The zero-order chi connectivity index (χ0) is 17.5. The third-order valence-corrected chi connectivity index (χ3v) is 7.97. The first-order valence-corrected chi connectivity index (χ1v) is 11.1. The molecule has 2 heterocycles. The number of hydrogen-bond acceptors (Lipinski definition) is 5. The van der Waals surface area contributed by atoms with Crippen molar-refractivity contribution in [1.82, 2.24) is 4.98 Å². The van der Waals surface area contributed by atoms with Gasteiger partial charge in [-0.05, 0) is 50.6 Å². The molecule has 4 nitrogen and oxygen atoms in total. The fourth-order valence-corrected chi connectivity index (χ4v) is 5.85. The molecule has 1 N–H and O–H groups in total. The number of aryl methyl sites for hydroxylation is 3. The smallest absolute Gasteiger partial charge is 0.271 e. The van der Waals surface area contributed by atoms with Gasteiger partial charge in [-0.2, -0.15) is 0 Å². The minimum atomic E-state index is -3.61. The molecule has 0 fully saturated rings. The van der Waals surface area contributed by atoms with Gasteiger partial charge in [0.25, 0.3) is 10.0 Å². The number of rotatable bonds is 4. The summed E-state index contributed by atoms with van der Waals surface area (Å²) < 4.78 is 29.1. The number of sulfonamides is 1. The summed E-state index contributed by atoms with van der Waals surface area (Å²) in [7, 11) is -3.61. The van der Waals surface area contributed by atoms with Crippen LogP contribution in [-0.4, -0.2) is 13.4 Å². The van der Waals surface area contributed by atoms with E-state index in [1.54, 1.807) is 23.5 Å². The molecular formula is C16H15BrN2O2S3. The predicted octanol–water partition coefficient (Wildman–Crippen LogP) is 5.36. The van der Waals surface area contributed by atoms with Gasteiger partial charge in [0.05, 0.1) is 11.4 Å². The van der Waals surface area contributed by atoms with Gasteiger partial charge in [0.2, 0.25) is 0 Å². The van der Waals surface area contributed by atoms with Gasteiger partial charge < -0.3 is 0 Å². The summed E-state index contributed by atoms with van der Waals surface area (Å²) in [6.07, 6.45) is 0. The molecule has 0 atom stereocenters. The van der Waals surface area contributed by atoms with Gasteiger partial charge in [-0.1, -0.05) is 15.9 Å². The van der Waals surface area contributed by atoms with Crippen molar-refractivity contribution in [2.45, 2.75) is 25.0 Å². The molecule has 126 valence electrons. The lowest BCUT2D eigenvalue weighted by atomic mass is 10.2. The highest BCUT2D eigenvalue weighted by Crippen LogP contribution is 2.33. The molecule has 0 spiro atoms. The first-order chi connectivity index (χ1) is 11.3. The highest BCUT2D eigenvalue weighted by atomic mass is 79.9. The Balaban J connectivity index is 1.90. The van der Waals surface area contributed by atoms with Gasteiger partial charge in [0, 0.05) is 20.3 Å². The monoisotopic (exact) mass is 442 g/mol. The molecule has 1 aromatic carbocycles.